The Kier molecular flexibility index (Phi) is 7.75. The highest BCUT2D eigenvalue weighted by Crippen LogP contribution is 2.29. The smallest absolute Gasteiger partial charge is 0.349 e. The van der Waals surface area contributed by atoms with Crippen molar-refractivity contribution in [1.29, 1.82) is 0 Å². The van der Waals surface area contributed by atoms with Crippen molar-refractivity contribution in [3.8, 4) is 0 Å². The zero-order chi connectivity index (χ0) is 15.6. The molecular formula is C12H16Cl2F3N5O. The van der Waals surface area contributed by atoms with E-state index in [2.05, 4.69) is 15.5 Å². The van der Waals surface area contributed by atoms with E-state index in [-0.39, 0.29) is 61.2 Å². The van der Waals surface area contributed by atoms with Gasteiger partial charge >= 0.3 is 6.18 Å². The number of nitrogens with two attached hydrogens (primary N) is 1. The van der Waals surface area contributed by atoms with E-state index in [0.717, 1.165) is 12.3 Å². The summed E-state index contributed by atoms with van der Waals surface area (Å²) in [5, 5.41) is 10.1. The number of nitrogens with one attached hydrogen (secondary N) is 1. The van der Waals surface area contributed by atoms with Crippen molar-refractivity contribution in [2.45, 2.75) is 19.6 Å². The molecule has 3 N–H and O–H groups in total. The van der Waals surface area contributed by atoms with Gasteiger partial charge in [0.2, 0.25) is 5.91 Å². The van der Waals surface area contributed by atoms with Crippen LogP contribution < -0.4 is 11.1 Å². The highest BCUT2D eigenvalue weighted by molar-refractivity contribution is 5.85. The first-order valence-corrected chi connectivity index (χ1v) is 6.21. The molecule has 0 radical (unpaired) electrons. The highest BCUT2D eigenvalue weighted by atomic mass is 35.5. The summed E-state index contributed by atoms with van der Waals surface area (Å²) >= 11 is 0. The molecule has 2 rings (SSSR count). The summed E-state index contributed by atoms with van der Waals surface area (Å²) in [4.78, 5) is 11.6. The van der Waals surface area contributed by atoms with Crippen molar-refractivity contribution in [3.05, 3.63) is 29.7 Å². The number of alkyl halides is 3. The molecule has 1 atom stereocenters. The van der Waals surface area contributed by atoms with Crippen LogP contribution in [-0.4, -0.2) is 27.0 Å². The van der Waals surface area contributed by atoms with Gasteiger partial charge in [0.1, 0.15) is 0 Å². The first kappa shape index (κ1) is 21.4. The maximum Gasteiger partial charge on any atom is 0.417 e. The number of halogens is 5. The Hall–Kier alpha value is -1.58. The molecule has 0 aromatic carbocycles. The Morgan fingerprint density at radius 1 is 1.35 bits per heavy atom. The van der Waals surface area contributed by atoms with Gasteiger partial charge in [0.05, 0.1) is 12.1 Å². The van der Waals surface area contributed by atoms with Crippen molar-refractivity contribution in [2.75, 3.05) is 6.54 Å². The van der Waals surface area contributed by atoms with E-state index in [0.29, 0.717) is 0 Å². The highest BCUT2D eigenvalue weighted by Gasteiger charge is 2.31. The predicted molar refractivity (Wildman–Crippen MR) is 82.6 cm³/mol. The molecule has 23 heavy (non-hydrogen) atoms. The van der Waals surface area contributed by atoms with E-state index in [1.807, 2.05) is 0 Å². The van der Waals surface area contributed by atoms with Gasteiger partial charge in [-0.05, 0) is 12.1 Å². The molecule has 0 aliphatic heterocycles. The van der Waals surface area contributed by atoms with Crippen LogP contribution in [0, 0.1) is 5.92 Å². The fourth-order valence-corrected chi connectivity index (χ4v) is 1.67. The number of hydrogen-bond donors (Lipinski definition) is 2. The van der Waals surface area contributed by atoms with Crippen molar-refractivity contribution >= 4 is 36.4 Å². The molecule has 1 unspecified atom stereocenters. The lowest BCUT2D eigenvalue weighted by Crippen LogP contribution is -2.33. The molecule has 0 fully saturated rings. The van der Waals surface area contributed by atoms with Gasteiger partial charge in [0.25, 0.3) is 0 Å². The average molecular weight is 374 g/mol. The minimum Gasteiger partial charge on any atom is -0.349 e. The molecule has 0 saturated heterocycles. The number of pyridine rings is 1. The van der Waals surface area contributed by atoms with Crippen LogP contribution in [0.5, 0.6) is 0 Å². The van der Waals surface area contributed by atoms with Crippen molar-refractivity contribution in [1.82, 2.24) is 19.9 Å². The Labute approximate surface area is 142 Å². The van der Waals surface area contributed by atoms with Gasteiger partial charge in [-0.3, -0.25) is 9.20 Å². The molecule has 2 aromatic heterocycles. The van der Waals surface area contributed by atoms with Crippen LogP contribution in [0.1, 0.15) is 18.3 Å². The van der Waals surface area contributed by atoms with Gasteiger partial charge in [-0.15, -0.1) is 35.0 Å². The lowest BCUT2D eigenvalue weighted by Gasteiger charge is -2.10. The van der Waals surface area contributed by atoms with Crippen LogP contribution in [0.2, 0.25) is 0 Å². The Bertz CT molecular complexity index is 662. The van der Waals surface area contributed by atoms with E-state index in [4.69, 9.17) is 5.73 Å². The first-order valence-electron chi connectivity index (χ1n) is 6.21. The third-order valence-electron chi connectivity index (χ3n) is 3.02. The Morgan fingerprint density at radius 3 is 2.57 bits per heavy atom. The second-order valence-electron chi connectivity index (χ2n) is 4.61. The molecule has 11 heteroatoms. The van der Waals surface area contributed by atoms with Gasteiger partial charge in [0, 0.05) is 18.7 Å². The molecule has 1 amide bonds. The third kappa shape index (κ3) is 4.95. The molecule has 6 nitrogen and oxygen atoms in total. The van der Waals surface area contributed by atoms with Crippen LogP contribution in [0.3, 0.4) is 0 Å². The van der Waals surface area contributed by atoms with Gasteiger partial charge in [0.15, 0.2) is 11.5 Å². The number of hydrogen-bond acceptors (Lipinski definition) is 4. The minimum atomic E-state index is -4.45. The lowest BCUT2D eigenvalue weighted by molar-refractivity contribution is -0.137. The number of rotatable bonds is 4. The summed E-state index contributed by atoms with van der Waals surface area (Å²) in [6.45, 7) is 1.81. The molecule has 0 spiro atoms. The van der Waals surface area contributed by atoms with Gasteiger partial charge < -0.3 is 11.1 Å². The van der Waals surface area contributed by atoms with Crippen molar-refractivity contribution in [2.24, 2.45) is 11.7 Å². The number of fused-ring (bicyclic) bond motifs is 1. The Balaban J connectivity index is 0.00000242. The normalized spacial score (nSPS) is 12.2. The fraction of sp³-hybridized carbons (Fsp3) is 0.417. The molecule has 0 bridgehead atoms. The molecule has 0 saturated carbocycles. The maximum absolute atomic E-state index is 12.7. The summed E-state index contributed by atoms with van der Waals surface area (Å²) in [5.74, 6) is -0.454. The number of carbonyl (C=O) groups is 1. The summed E-state index contributed by atoms with van der Waals surface area (Å²) in [7, 11) is 0. The summed E-state index contributed by atoms with van der Waals surface area (Å²) in [5.41, 5.74) is 4.83. The molecule has 0 aliphatic carbocycles. The largest absolute Gasteiger partial charge is 0.417 e. The second kappa shape index (κ2) is 8.32. The lowest BCUT2D eigenvalue weighted by atomic mass is 10.2. The van der Waals surface area contributed by atoms with Crippen molar-refractivity contribution in [3.63, 3.8) is 0 Å². The van der Waals surface area contributed by atoms with Crippen LogP contribution >= 0.6 is 24.8 Å². The second-order valence-corrected chi connectivity index (χ2v) is 4.61. The van der Waals surface area contributed by atoms with Gasteiger partial charge in [-0.2, -0.15) is 13.2 Å². The van der Waals surface area contributed by atoms with Crippen LogP contribution in [0.15, 0.2) is 18.3 Å². The minimum absolute atomic E-state index is 0. The molecule has 0 aliphatic rings. The van der Waals surface area contributed by atoms with Gasteiger partial charge in [-0.1, -0.05) is 6.92 Å². The number of nitrogens with zero attached hydrogens (tertiary/aromatic N) is 3. The van der Waals surface area contributed by atoms with E-state index >= 15 is 0 Å². The van der Waals surface area contributed by atoms with E-state index in [9.17, 15) is 18.0 Å². The first-order chi connectivity index (χ1) is 9.82. The zero-order valence-corrected chi connectivity index (χ0v) is 13.6. The topological polar surface area (TPSA) is 85.3 Å². The molecular weight excluding hydrogens is 358 g/mol. The van der Waals surface area contributed by atoms with Gasteiger partial charge in [-0.25, -0.2) is 0 Å². The standard InChI is InChI=1S/C12H14F3N5O.2ClH/c1-7(4-16)11(21)17-5-10-19-18-9-3-2-8(6-20(9)10)12(13,14)15;;/h2-3,6-7H,4-5,16H2,1H3,(H,17,21);2*1H. The maximum atomic E-state index is 12.7. The number of aromatic nitrogens is 3. The summed E-state index contributed by atoms with van der Waals surface area (Å²) in [6.07, 6.45) is -3.55. The fourth-order valence-electron chi connectivity index (χ4n) is 1.67. The van der Waals surface area contributed by atoms with Crippen molar-refractivity contribution < 1.29 is 18.0 Å². The summed E-state index contributed by atoms with van der Waals surface area (Å²) in [6, 6.07) is 2.16. The van der Waals surface area contributed by atoms with E-state index < -0.39 is 11.7 Å². The Morgan fingerprint density at radius 2 is 2.00 bits per heavy atom. The van der Waals surface area contributed by atoms with E-state index in [1.165, 1.54) is 10.5 Å². The van der Waals surface area contributed by atoms with Crippen LogP contribution in [0.4, 0.5) is 13.2 Å². The predicted octanol–water partition coefficient (Wildman–Crippen LogP) is 1.80. The quantitative estimate of drug-likeness (QED) is 0.855. The van der Waals surface area contributed by atoms with Crippen LogP contribution in [0.25, 0.3) is 5.65 Å². The number of amides is 1. The number of carbonyl (C=O) groups excluding carboxylic acids is 1. The van der Waals surface area contributed by atoms with E-state index in [1.54, 1.807) is 6.92 Å². The third-order valence-corrected chi connectivity index (χ3v) is 3.02. The molecule has 130 valence electrons. The monoisotopic (exact) mass is 373 g/mol. The van der Waals surface area contributed by atoms with Crippen LogP contribution in [-0.2, 0) is 17.5 Å². The zero-order valence-electron chi connectivity index (χ0n) is 12.0. The summed E-state index contributed by atoms with van der Waals surface area (Å²) < 4.78 is 39.2. The molecule has 2 heterocycles. The SMILES string of the molecule is CC(CN)C(=O)NCc1nnc2ccc(C(F)(F)F)cn12.Cl.Cl. The molecule has 2 aromatic rings. The average Bonchev–Trinajstić information content (AvgIpc) is 2.85.